The van der Waals surface area contributed by atoms with Gasteiger partial charge in [-0.2, -0.15) is 18.2 Å². The van der Waals surface area contributed by atoms with E-state index in [-0.39, 0.29) is 18.0 Å². The summed E-state index contributed by atoms with van der Waals surface area (Å²) in [5, 5.41) is 3.20. The van der Waals surface area contributed by atoms with E-state index >= 15 is 0 Å². The largest absolute Gasteiger partial charge is 0.393 e. The van der Waals surface area contributed by atoms with Gasteiger partial charge in [-0.3, -0.25) is 0 Å². The van der Waals surface area contributed by atoms with E-state index in [1.54, 1.807) is 4.90 Å². The van der Waals surface area contributed by atoms with Gasteiger partial charge in [-0.15, -0.1) is 0 Å². The van der Waals surface area contributed by atoms with Gasteiger partial charge in [0.2, 0.25) is 5.95 Å². The lowest BCUT2D eigenvalue weighted by Gasteiger charge is -2.34. The third-order valence-corrected chi connectivity index (χ3v) is 3.51. The number of aromatic nitrogens is 2. The molecule has 1 atom stereocenters. The van der Waals surface area contributed by atoms with E-state index in [4.69, 9.17) is 11.6 Å². The molecule has 0 spiro atoms. The van der Waals surface area contributed by atoms with Crippen LogP contribution in [0.1, 0.15) is 19.8 Å². The highest BCUT2D eigenvalue weighted by molar-refractivity contribution is 6.32. The molecule has 2 rings (SSSR count). The standard InChI is InChI=1S/C12H16ClF3N4/c1-2-17-11-18-6-9(13)10(19-11)20-5-3-4-8(7-20)12(14,15)16/h6,8H,2-5,7H2,1H3,(H,17,18,19). The van der Waals surface area contributed by atoms with Crippen molar-refractivity contribution in [2.75, 3.05) is 29.9 Å². The number of anilines is 2. The van der Waals surface area contributed by atoms with Crippen molar-refractivity contribution < 1.29 is 13.2 Å². The summed E-state index contributed by atoms with van der Waals surface area (Å²) >= 11 is 6.02. The molecule has 0 aromatic carbocycles. The molecular formula is C12H16ClF3N4. The number of piperidine rings is 1. The molecule has 20 heavy (non-hydrogen) atoms. The van der Waals surface area contributed by atoms with Crippen molar-refractivity contribution in [1.29, 1.82) is 0 Å². The van der Waals surface area contributed by atoms with Crippen molar-refractivity contribution in [3.63, 3.8) is 0 Å². The van der Waals surface area contributed by atoms with Crippen molar-refractivity contribution in [2.45, 2.75) is 25.9 Å². The highest BCUT2D eigenvalue weighted by atomic mass is 35.5. The molecule has 1 saturated heterocycles. The zero-order chi connectivity index (χ0) is 14.8. The zero-order valence-electron chi connectivity index (χ0n) is 11.0. The quantitative estimate of drug-likeness (QED) is 0.930. The number of alkyl halides is 3. The monoisotopic (exact) mass is 308 g/mol. The second kappa shape index (κ2) is 6.03. The Balaban J connectivity index is 2.20. The summed E-state index contributed by atoms with van der Waals surface area (Å²) in [6.45, 7) is 2.94. The lowest BCUT2D eigenvalue weighted by atomic mass is 9.97. The van der Waals surface area contributed by atoms with Gasteiger partial charge in [-0.1, -0.05) is 11.6 Å². The molecule has 1 aliphatic rings. The Morgan fingerprint density at radius 3 is 2.90 bits per heavy atom. The number of rotatable bonds is 3. The maximum absolute atomic E-state index is 12.8. The van der Waals surface area contributed by atoms with Gasteiger partial charge in [-0.25, -0.2) is 4.98 Å². The second-order valence-electron chi connectivity index (χ2n) is 4.72. The summed E-state index contributed by atoms with van der Waals surface area (Å²) < 4.78 is 38.5. The minimum atomic E-state index is -4.18. The molecule has 0 bridgehead atoms. The van der Waals surface area contributed by atoms with Crippen LogP contribution >= 0.6 is 11.6 Å². The molecule has 112 valence electrons. The van der Waals surface area contributed by atoms with Gasteiger partial charge < -0.3 is 10.2 Å². The van der Waals surface area contributed by atoms with Gasteiger partial charge in [0.1, 0.15) is 5.02 Å². The van der Waals surface area contributed by atoms with Crippen LogP contribution in [0.25, 0.3) is 0 Å². The van der Waals surface area contributed by atoms with Crippen LogP contribution in [0.5, 0.6) is 0 Å². The third-order valence-electron chi connectivity index (χ3n) is 3.24. The van der Waals surface area contributed by atoms with Gasteiger partial charge in [0.05, 0.1) is 12.1 Å². The first-order chi connectivity index (χ1) is 9.41. The number of halogens is 4. The molecule has 1 aliphatic heterocycles. The molecule has 8 heteroatoms. The third kappa shape index (κ3) is 3.45. The van der Waals surface area contributed by atoms with E-state index in [2.05, 4.69) is 15.3 Å². The van der Waals surface area contributed by atoms with Gasteiger partial charge in [0, 0.05) is 19.6 Å². The first kappa shape index (κ1) is 15.2. The first-order valence-corrected chi connectivity index (χ1v) is 6.87. The molecule has 0 amide bonds. The van der Waals surface area contributed by atoms with Crippen molar-refractivity contribution in [1.82, 2.24) is 9.97 Å². The van der Waals surface area contributed by atoms with Crippen LogP contribution in [0.3, 0.4) is 0 Å². The second-order valence-corrected chi connectivity index (χ2v) is 5.13. The molecule has 2 heterocycles. The van der Waals surface area contributed by atoms with E-state index in [9.17, 15) is 13.2 Å². The number of hydrogen-bond acceptors (Lipinski definition) is 4. The van der Waals surface area contributed by atoms with Crippen LogP contribution in [-0.4, -0.2) is 35.8 Å². The Bertz CT molecular complexity index is 467. The minimum absolute atomic E-state index is 0.105. The zero-order valence-corrected chi connectivity index (χ0v) is 11.8. The maximum atomic E-state index is 12.8. The van der Waals surface area contributed by atoms with E-state index in [1.165, 1.54) is 6.20 Å². The Labute approximate surface area is 120 Å². The van der Waals surface area contributed by atoms with Gasteiger partial charge in [0.25, 0.3) is 0 Å². The maximum Gasteiger partial charge on any atom is 0.393 e. The summed E-state index contributed by atoms with van der Waals surface area (Å²) in [7, 11) is 0. The molecule has 1 N–H and O–H groups in total. The highest BCUT2D eigenvalue weighted by Gasteiger charge is 2.42. The van der Waals surface area contributed by atoms with Gasteiger partial charge >= 0.3 is 6.18 Å². The molecule has 0 saturated carbocycles. The van der Waals surface area contributed by atoms with E-state index in [0.717, 1.165) is 0 Å². The molecule has 1 aromatic rings. The summed E-state index contributed by atoms with van der Waals surface area (Å²) in [5.74, 6) is -0.586. The van der Waals surface area contributed by atoms with Gasteiger partial charge in [-0.05, 0) is 19.8 Å². The lowest BCUT2D eigenvalue weighted by Crippen LogP contribution is -2.42. The number of nitrogens with one attached hydrogen (secondary N) is 1. The van der Waals surface area contributed by atoms with Crippen molar-refractivity contribution in [2.24, 2.45) is 5.92 Å². The minimum Gasteiger partial charge on any atom is -0.355 e. The van der Waals surface area contributed by atoms with Crippen LogP contribution in [0.4, 0.5) is 24.9 Å². The normalized spacial score (nSPS) is 20.1. The molecule has 1 fully saturated rings. The summed E-state index contributed by atoms with van der Waals surface area (Å²) in [6.07, 6.45) is -2.13. The predicted molar refractivity (Wildman–Crippen MR) is 72.2 cm³/mol. The number of nitrogens with zero attached hydrogens (tertiary/aromatic N) is 3. The molecular weight excluding hydrogens is 293 g/mol. The van der Waals surface area contributed by atoms with Crippen LogP contribution in [0, 0.1) is 5.92 Å². The van der Waals surface area contributed by atoms with Crippen molar-refractivity contribution in [3.05, 3.63) is 11.2 Å². The number of hydrogen-bond donors (Lipinski definition) is 1. The Hall–Kier alpha value is -1.24. The smallest absolute Gasteiger partial charge is 0.355 e. The molecule has 1 aromatic heterocycles. The van der Waals surface area contributed by atoms with E-state index < -0.39 is 12.1 Å². The Kier molecular flexibility index (Phi) is 4.57. The average Bonchev–Trinajstić information content (AvgIpc) is 2.40. The predicted octanol–water partition coefficient (Wildman–Crippen LogP) is 3.34. The fraction of sp³-hybridized carbons (Fsp3) is 0.667. The van der Waals surface area contributed by atoms with Crippen molar-refractivity contribution in [3.8, 4) is 0 Å². The summed E-state index contributed by atoms with van der Waals surface area (Å²) in [6, 6.07) is 0. The Morgan fingerprint density at radius 1 is 1.50 bits per heavy atom. The van der Waals surface area contributed by atoms with Crippen LogP contribution in [0.2, 0.25) is 5.02 Å². The topological polar surface area (TPSA) is 41.1 Å². The van der Waals surface area contributed by atoms with Gasteiger partial charge in [0.15, 0.2) is 5.82 Å². The SMILES string of the molecule is CCNc1ncc(Cl)c(N2CCCC(C(F)(F)F)C2)n1. The summed E-state index contributed by atoms with van der Waals surface area (Å²) in [4.78, 5) is 9.78. The molecule has 1 unspecified atom stereocenters. The lowest BCUT2D eigenvalue weighted by molar-refractivity contribution is -0.176. The average molecular weight is 309 g/mol. The van der Waals surface area contributed by atoms with Crippen LogP contribution in [-0.2, 0) is 0 Å². The first-order valence-electron chi connectivity index (χ1n) is 6.50. The Morgan fingerprint density at radius 2 is 2.25 bits per heavy atom. The fourth-order valence-corrected chi connectivity index (χ4v) is 2.47. The van der Waals surface area contributed by atoms with E-state index in [0.29, 0.717) is 31.3 Å². The molecule has 4 nitrogen and oxygen atoms in total. The summed E-state index contributed by atoms with van der Waals surface area (Å²) in [5.41, 5.74) is 0. The van der Waals surface area contributed by atoms with E-state index in [1.807, 2.05) is 6.92 Å². The van der Waals surface area contributed by atoms with Crippen LogP contribution < -0.4 is 10.2 Å². The highest BCUT2D eigenvalue weighted by Crippen LogP contribution is 2.36. The van der Waals surface area contributed by atoms with Crippen molar-refractivity contribution >= 4 is 23.4 Å². The molecule has 0 radical (unpaired) electrons. The van der Waals surface area contributed by atoms with Crippen LogP contribution in [0.15, 0.2) is 6.20 Å². The molecule has 0 aliphatic carbocycles. The fourth-order valence-electron chi connectivity index (χ4n) is 2.26.